The van der Waals surface area contributed by atoms with Crippen molar-refractivity contribution >= 4 is 0 Å². The Bertz CT molecular complexity index is 701. The summed E-state index contributed by atoms with van der Waals surface area (Å²) in [6.07, 6.45) is 1.05. The van der Waals surface area contributed by atoms with Crippen LogP contribution >= 0.6 is 0 Å². The van der Waals surface area contributed by atoms with Gasteiger partial charge in [0.1, 0.15) is 11.5 Å². The lowest BCUT2D eigenvalue weighted by atomic mass is 9.72. The van der Waals surface area contributed by atoms with Crippen LogP contribution in [0.5, 0.6) is 11.5 Å². The number of rotatable bonds is 2. The summed E-state index contributed by atoms with van der Waals surface area (Å²) < 4.78 is 0. The summed E-state index contributed by atoms with van der Waals surface area (Å²) in [5.74, 6) is 0.798. The van der Waals surface area contributed by atoms with E-state index in [-0.39, 0.29) is 16.2 Å². The summed E-state index contributed by atoms with van der Waals surface area (Å²) in [6.45, 7) is 17.3. The van der Waals surface area contributed by atoms with Crippen LogP contribution < -0.4 is 0 Å². The maximum absolute atomic E-state index is 9.84. The third kappa shape index (κ3) is 6.74. The van der Waals surface area contributed by atoms with E-state index in [1.165, 1.54) is 0 Å². The first-order valence-corrected chi connectivity index (χ1v) is 9.31. The first kappa shape index (κ1) is 22.1. The van der Waals surface area contributed by atoms with Crippen LogP contribution in [0, 0.1) is 5.41 Å². The number of para-hydroxylation sites is 2. The largest absolute Gasteiger partial charge is 0.508 e. The van der Waals surface area contributed by atoms with E-state index >= 15 is 0 Å². The van der Waals surface area contributed by atoms with Crippen molar-refractivity contribution in [2.45, 2.75) is 72.6 Å². The molecule has 0 aliphatic rings. The molecule has 0 radical (unpaired) electrons. The van der Waals surface area contributed by atoms with Gasteiger partial charge >= 0.3 is 0 Å². The van der Waals surface area contributed by atoms with E-state index in [2.05, 4.69) is 55.4 Å². The van der Waals surface area contributed by atoms with Gasteiger partial charge in [0.15, 0.2) is 0 Å². The lowest BCUT2D eigenvalue weighted by Gasteiger charge is -2.33. The molecule has 26 heavy (non-hydrogen) atoms. The minimum Gasteiger partial charge on any atom is -0.508 e. The third-order valence-corrected chi connectivity index (χ3v) is 4.32. The number of aromatic hydroxyl groups is 2. The SMILES string of the molecule is CC(C)(C)CC(C)(C)c1ccccc1O.CC(C)(C)c1ccccc1O. The smallest absolute Gasteiger partial charge is 0.119 e. The molecule has 2 aromatic carbocycles. The summed E-state index contributed by atoms with van der Waals surface area (Å²) in [7, 11) is 0. The summed E-state index contributed by atoms with van der Waals surface area (Å²) in [5, 5.41) is 19.3. The van der Waals surface area contributed by atoms with Gasteiger partial charge in [-0.25, -0.2) is 0 Å². The molecule has 144 valence electrons. The average Bonchev–Trinajstić information content (AvgIpc) is 2.45. The lowest BCUT2D eigenvalue weighted by Crippen LogP contribution is -2.24. The number of benzene rings is 2. The molecule has 0 saturated carbocycles. The summed E-state index contributed by atoms with van der Waals surface area (Å²) in [6, 6.07) is 15.1. The first-order chi connectivity index (χ1) is 11.7. The van der Waals surface area contributed by atoms with Crippen LogP contribution in [0.15, 0.2) is 48.5 Å². The van der Waals surface area contributed by atoms with Crippen LogP contribution in [0.25, 0.3) is 0 Å². The van der Waals surface area contributed by atoms with Gasteiger partial charge in [-0.05, 0) is 45.9 Å². The summed E-state index contributed by atoms with van der Waals surface area (Å²) in [5.41, 5.74) is 2.36. The molecule has 0 heterocycles. The Morgan fingerprint density at radius 2 is 1.00 bits per heavy atom. The van der Waals surface area contributed by atoms with E-state index < -0.39 is 0 Å². The Kier molecular flexibility index (Phi) is 6.93. The molecule has 2 N–H and O–H groups in total. The Balaban J connectivity index is 0.000000273. The molecule has 2 rings (SSSR count). The highest BCUT2D eigenvalue weighted by Gasteiger charge is 2.29. The molecular weight excluding hydrogens is 320 g/mol. The topological polar surface area (TPSA) is 40.5 Å². The monoisotopic (exact) mass is 356 g/mol. The first-order valence-electron chi connectivity index (χ1n) is 9.31. The minimum atomic E-state index is 0.0175. The molecule has 0 amide bonds. The molecule has 2 nitrogen and oxygen atoms in total. The normalized spacial score (nSPS) is 12.3. The number of hydrogen-bond donors (Lipinski definition) is 2. The summed E-state index contributed by atoms with van der Waals surface area (Å²) >= 11 is 0. The standard InChI is InChI=1S/C14H22O.C10H14O/c1-13(2,3)10-14(4,5)11-8-6-7-9-12(11)15;1-10(2,3)8-6-4-5-7-9(8)11/h6-9,15H,10H2,1-5H3;4-7,11H,1-3H3. The van der Waals surface area contributed by atoms with Gasteiger partial charge in [-0.2, -0.15) is 0 Å². The lowest BCUT2D eigenvalue weighted by molar-refractivity contribution is 0.278. The minimum absolute atomic E-state index is 0.0175. The van der Waals surface area contributed by atoms with Crippen molar-refractivity contribution in [1.29, 1.82) is 0 Å². The molecule has 2 heteroatoms. The Labute approximate surface area is 159 Å². The Morgan fingerprint density at radius 1 is 0.615 bits per heavy atom. The molecule has 0 bridgehead atoms. The Hall–Kier alpha value is -1.96. The van der Waals surface area contributed by atoms with Crippen LogP contribution in [0.1, 0.15) is 72.9 Å². The van der Waals surface area contributed by atoms with Gasteiger partial charge in [0.2, 0.25) is 0 Å². The predicted octanol–water partition coefficient (Wildman–Crippen LogP) is 6.80. The highest BCUT2D eigenvalue weighted by atomic mass is 16.3. The summed E-state index contributed by atoms with van der Waals surface area (Å²) in [4.78, 5) is 0. The maximum Gasteiger partial charge on any atom is 0.119 e. The van der Waals surface area contributed by atoms with Crippen LogP contribution in [0.4, 0.5) is 0 Å². The molecule has 0 aromatic heterocycles. The third-order valence-electron chi connectivity index (χ3n) is 4.32. The number of phenols is 2. The van der Waals surface area contributed by atoms with E-state index in [1.54, 1.807) is 12.1 Å². The van der Waals surface area contributed by atoms with Gasteiger partial charge in [0.25, 0.3) is 0 Å². The predicted molar refractivity (Wildman–Crippen MR) is 112 cm³/mol. The van der Waals surface area contributed by atoms with Crippen LogP contribution in [-0.4, -0.2) is 10.2 Å². The van der Waals surface area contributed by atoms with E-state index in [9.17, 15) is 10.2 Å². The second-order valence-electron chi connectivity index (χ2n) is 9.91. The number of hydrogen-bond acceptors (Lipinski definition) is 2. The second-order valence-corrected chi connectivity index (χ2v) is 9.91. The maximum atomic E-state index is 9.84. The van der Waals surface area contributed by atoms with Crippen LogP contribution in [-0.2, 0) is 10.8 Å². The van der Waals surface area contributed by atoms with Gasteiger partial charge in [-0.1, -0.05) is 91.8 Å². The van der Waals surface area contributed by atoms with E-state index in [4.69, 9.17) is 0 Å². The zero-order valence-corrected chi connectivity index (χ0v) is 17.7. The fourth-order valence-electron chi connectivity index (χ4n) is 3.57. The van der Waals surface area contributed by atoms with Gasteiger partial charge in [-0.3, -0.25) is 0 Å². The molecule has 0 atom stereocenters. The van der Waals surface area contributed by atoms with E-state index in [1.807, 2.05) is 36.4 Å². The van der Waals surface area contributed by atoms with Gasteiger partial charge in [-0.15, -0.1) is 0 Å². The molecule has 0 aliphatic heterocycles. The van der Waals surface area contributed by atoms with Crippen LogP contribution in [0.2, 0.25) is 0 Å². The fourth-order valence-corrected chi connectivity index (χ4v) is 3.57. The molecule has 0 unspecified atom stereocenters. The molecule has 0 aliphatic carbocycles. The zero-order valence-electron chi connectivity index (χ0n) is 17.7. The Morgan fingerprint density at radius 3 is 1.31 bits per heavy atom. The van der Waals surface area contributed by atoms with Crippen molar-refractivity contribution < 1.29 is 10.2 Å². The zero-order chi connectivity index (χ0) is 20.2. The average molecular weight is 357 g/mol. The van der Waals surface area contributed by atoms with Gasteiger partial charge in [0.05, 0.1) is 0 Å². The van der Waals surface area contributed by atoms with E-state index in [0.29, 0.717) is 11.5 Å². The fraction of sp³-hybridized carbons (Fsp3) is 0.500. The van der Waals surface area contributed by atoms with Crippen molar-refractivity contribution in [2.24, 2.45) is 5.41 Å². The van der Waals surface area contributed by atoms with Crippen LogP contribution in [0.3, 0.4) is 0 Å². The van der Waals surface area contributed by atoms with Crippen molar-refractivity contribution in [3.63, 3.8) is 0 Å². The second kappa shape index (κ2) is 8.16. The molecule has 0 spiro atoms. The van der Waals surface area contributed by atoms with Crippen molar-refractivity contribution in [2.75, 3.05) is 0 Å². The van der Waals surface area contributed by atoms with Crippen molar-refractivity contribution in [3.8, 4) is 11.5 Å². The highest BCUT2D eigenvalue weighted by molar-refractivity contribution is 5.38. The molecule has 0 saturated heterocycles. The number of phenolic OH excluding ortho intramolecular Hbond substituents is 2. The highest BCUT2D eigenvalue weighted by Crippen LogP contribution is 2.39. The molecule has 2 aromatic rings. The quantitative estimate of drug-likeness (QED) is 0.621. The van der Waals surface area contributed by atoms with Gasteiger partial charge < -0.3 is 10.2 Å². The van der Waals surface area contributed by atoms with Crippen molar-refractivity contribution in [3.05, 3.63) is 59.7 Å². The molecule has 0 fully saturated rings. The van der Waals surface area contributed by atoms with Crippen molar-refractivity contribution in [1.82, 2.24) is 0 Å². The van der Waals surface area contributed by atoms with Gasteiger partial charge in [0, 0.05) is 0 Å². The van der Waals surface area contributed by atoms with E-state index in [0.717, 1.165) is 17.5 Å². The molecular formula is C24H36O2.